The second-order valence-electron chi connectivity index (χ2n) is 4.96. The van der Waals surface area contributed by atoms with Crippen molar-refractivity contribution >= 4 is 0 Å². The number of piperidine rings is 1. The molecule has 0 saturated carbocycles. The van der Waals surface area contributed by atoms with E-state index in [1.165, 1.54) is 45.3 Å². The minimum atomic E-state index is 0.679. The molecule has 1 aliphatic heterocycles. The highest BCUT2D eigenvalue weighted by atomic mass is 15.1. The fraction of sp³-hybridized carbons (Fsp3) is 1.00. The standard InChI is InChI=1S/C13H28N2/c1-4-12(3)14-8-11-15-9-6-13(5-2)7-10-15/h12-14H,4-11H2,1-3H3. The molecule has 90 valence electrons. The Labute approximate surface area is 95.4 Å². The third-order valence-electron chi connectivity index (χ3n) is 3.82. The summed E-state index contributed by atoms with van der Waals surface area (Å²) in [5.41, 5.74) is 0. The van der Waals surface area contributed by atoms with Crippen LogP contribution in [0.5, 0.6) is 0 Å². The van der Waals surface area contributed by atoms with Gasteiger partial charge in [0.1, 0.15) is 0 Å². The third kappa shape index (κ3) is 4.98. The molecule has 1 saturated heterocycles. The summed E-state index contributed by atoms with van der Waals surface area (Å²) in [5.74, 6) is 1.00. The Balaban J connectivity index is 2.03. The number of hydrogen-bond donors (Lipinski definition) is 1. The Morgan fingerprint density at radius 3 is 2.47 bits per heavy atom. The van der Waals surface area contributed by atoms with E-state index in [1.54, 1.807) is 0 Å². The topological polar surface area (TPSA) is 15.3 Å². The third-order valence-corrected chi connectivity index (χ3v) is 3.82. The molecule has 1 N–H and O–H groups in total. The Bertz CT molecular complexity index is 151. The van der Waals surface area contributed by atoms with E-state index < -0.39 is 0 Å². The molecule has 2 nitrogen and oxygen atoms in total. The first-order chi connectivity index (χ1) is 7.26. The Morgan fingerprint density at radius 1 is 1.27 bits per heavy atom. The van der Waals surface area contributed by atoms with Gasteiger partial charge in [0.15, 0.2) is 0 Å². The maximum atomic E-state index is 3.56. The number of nitrogens with zero attached hydrogens (tertiary/aromatic N) is 1. The predicted molar refractivity (Wildman–Crippen MR) is 67.2 cm³/mol. The molecular weight excluding hydrogens is 184 g/mol. The van der Waals surface area contributed by atoms with Gasteiger partial charge in [0.05, 0.1) is 0 Å². The summed E-state index contributed by atoms with van der Waals surface area (Å²) < 4.78 is 0. The van der Waals surface area contributed by atoms with Crippen molar-refractivity contribution in [3.63, 3.8) is 0 Å². The number of hydrogen-bond acceptors (Lipinski definition) is 2. The molecule has 15 heavy (non-hydrogen) atoms. The number of rotatable bonds is 6. The van der Waals surface area contributed by atoms with Gasteiger partial charge >= 0.3 is 0 Å². The van der Waals surface area contributed by atoms with Crippen LogP contribution in [0.1, 0.15) is 46.5 Å². The van der Waals surface area contributed by atoms with Crippen molar-refractivity contribution in [3.8, 4) is 0 Å². The van der Waals surface area contributed by atoms with Crippen LogP contribution in [-0.4, -0.2) is 37.1 Å². The van der Waals surface area contributed by atoms with Gasteiger partial charge in [-0.25, -0.2) is 0 Å². The van der Waals surface area contributed by atoms with Crippen LogP contribution in [0.25, 0.3) is 0 Å². The SMILES string of the molecule is CCC1CCN(CCNC(C)CC)CC1. The van der Waals surface area contributed by atoms with Gasteiger partial charge in [-0.3, -0.25) is 0 Å². The number of nitrogens with one attached hydrogen (secondary N) is 1. The van der Waals surface area contributed by atoms with Gasteiger partial charge in [-0.2, -0.15) is 0 Å². The summed E-state index contributed by atoms with van der Waals surface area (Å²) in [6.45, 7) is 11.9. The Morgan fingerprint density at radius 2 is 1.93 bits per heavy atom. The summed E-state index contributed by atoms with van der Waals surface area (Å²) in [6, 6.07) is 0.679. The average molecular weight is 212 g/mol. The van der Waals surface area contributed by atoms with Crippen LogP contribution in [0.15, 0.2) is 0 Å². The van der Waals surface area contributed by atoms with Crippen molar-refractivity contribution in [1.82, 2.24) is 10.2 Å². The highest BCUT2D eigenvalue weighted by Gasteiger charge is 2.16. The van der Waals surface area contributed by atoms with E-state index >= 15 is 0 Å². The molecule has 0 radical (unpaired) electrons. The van der Waals surface area contributed by atoms with Crippen LogP contribution in [0.3, 0.4) is 0 Å². The van der Waals surface area contributed by atoms with Gasteiger partial charge in [-0.05, 0) is 45.2 Å². The zero-order valence-electron chi connectivity index (χ0n) is 10.8. The lowest BCUT2D eigenvalue weighted by Crippen LogP contribution is -2.39. The minimum Gasteiger partial charge on any atom is -0.313 e. The van der Waals surface area contributed by atoms with E-state index in [2.05, 4.69) is 31.0 Å². The van der Waals surface area contributed by atoms with E-state index in [0.29, 0.717) is 6.04 Å². The molecule has 0 aromatic rings. The van der Waals surface area contributed by atoms with Crippen LogP contribution in [0, 0.1) is 5.92 Å². The summed E-state index contributed by atoms with van der Waals surface area (Å²) in [7, 11) is 0. The van der Waals surface area contributed by atoms with Crippen LogP contribution in [-0.2, 0) is 0 Å². The van der Waals surface area contributed by atoms with E-state index in [-0.39, 0.29) is 0 Å². The summed E-state index contributed by atoms with van der Waals surface area (Å²) in [4.78, 5) is 2.61. The predicted octanol–water partition coefficient (Wildman–Crippen LogP) is 2.50. The molecule has 2 heteroatoms. The molecular formula is C13H28N2. The zero-order valence-corrected chi connectivity index (χ0v) is 10.8. The van der Waals surface area contributed by atoms with Gasteiger partial charge in [0.25, 0.3) is 0 Å². The lowest BCUT2D eigenvalue weighted by Gasteiger charge is -2.31. The first-order valence-corrected chi connectivity index (χ1v) is 6.72. The summed E-state index contributed by atoms with van der Waals surface area (Å²) in [5, 5.41) is 3.56. The summed E-state index contributed by atoms with van der Waals surface area (Å²) in [6.07, 6.45) is 5.44. The van der Waals surface area contributed by atoms with Crippen LogP contribution in [0.2, 0.25) is 0 Å². The van der Waals surface area contributed by atoms with Crippen LogP contribution >= 0.6 is 0 Å². The van der Waals surface area contributed by atoms with Gasteiger partial charge in [0.2, 0.25) is 0 Å². The lowest BCUT2D eigenvalue weighted by molar-refractivity contribution is 0.181. The highest BCUT2D eigenvalue weighted by molar-refractivity contribution is 4.72. The second-order valence-corrected chi connectivity index (χ2v) is 4.96. The molecule has 1 heterocycles. The monoisotopic (exact) mass is 212 g/mol. The average Bonchev–Trinajstić information content (AvgIpc) is 2.29. The molecule has 0 amide bonds. The molecule has 1 unspecified atom stereocenters. The smallest absolute Gasteiger partial charge is 0.0107 e. The lowest BCUT2D eigenvalue weighted by atomic mass is 9.94. The second kappa shape index (κ2) is 7.24. The van der Waals surface area contributed by atoms with Crippen molar-refractivity contribution in [1.29, 1.82) is 0 Å². The maximum absolute atomic E-state index is 3.56. The van der Waals surface area contributed by atoms with Crippen molar-refractivity contribution in [2.75, 3.05) is 26.2 Å². The maximum Gasteiger partial charge on any atom is 0.0107 e. The van der Waals surface area contributed by atoms with E-state index in [4.69, 9.17) is 0 Å². The van der Waals surface area contributed by atoms with Crippen molar-refractivity contribution in [2.45, 2.75) is 52.5 Å². The fourth-order valence-electron chi connectivity index (χ4n) is 2.23. The zero-order chi connectivity index (χ0) is 11.1. The van der Waals surface area contributed by atoms with E-state index in [9.17, 15) is 0 Å². The van der Waals surface area contributed by atoms with Crippen LogP contribution in [0.4, 0.5) is 0 Å². The largest absolute Gasteiger partial charge is 0.313 e. The van der Waals surface area contributed by atoms with Gasteiger partial charge < -0.3 is 10.2 Å². The molecule has 0 aromatic carbocycles. The molecule has 1 fully saturated rings. The molecule has 0 aromatic heterocycles. The van der Waals surface area contributed by atoms with Gasteiger partial charge in [0, 0.05) is 19.1 Å². The fourth-order valence-corrected chi connectivity index (χ4v) is 2.23. The van der Waals surface area contributed by atoms with E-state index in [0.717, 1.165) is 12.5 Å². The Kier molecular flexibility index (Phi) is 6.26. The molecule has 1 rings (SSSR count). The normalized spacial score (nSPS) is 21.8. The molecule has 1 aliphatic rings. The first-order valence-electron chi connectivity index (χ1n) is 6.72. The summed E-state index contributed by atoms with van der Waals surface area (Å²) >= 11 is 0. The first kappa shape index (κ1) is 13.0. The molecule has 0 bridgehead atoms. The van der Waals surface area contributed by atoms with E-state index in [1.807, 2.05) is 0 Å². The Hall–Kier alpha value is -0.0800. The molecule has 0 aliphatic carbocycles. The quantitative estimate of drug-likeness (QED) is 0.728. The van der Waals surface area contributed by atoms with Crippen molar-refractivity contribution < 1.29 is 0 Å². The molecule has 1 atom stereocenters. The minimum absolute atomic E-state index is 0.679. The van der Waals surface area contributed by atoms with Crippen molar-refractivity contribution in [2.24, 2.45) is 5.92 Å². The highest BCUT2D eigenvalue weighted by Crippen LogP contribution is 2.19. The van der Waals surface area contributed by atoms with Crippen LogP contribution < -0.4 is 5.32 Å². The van der Waals surface area contributed by atoms with Gasteiger partial charge in [-0.15, -0.1) is 0 Å². The molecule has 0 spiro atoms. The van der Waals surface area contributed by atoms with Crippen molar-refractivity contribution in [3.05, 3.63) is 0 Å². The number of likely N-dealkylation sites (tertiary alicyclic amines) is 1. The van der Waals surface area contributed by atoms with Gasteiger partial charge in [-0.1, -0.05) is 20.3 Å².